The van der Waals surface area contributed by atoms with Crippen molar-refractivity contribution in [1.29, 1.82) is 0 Å². The number of hydrogen-bond acceptors (Lipinski definition) is 2. The second-order valence-corrected chi connectivity index (χ2v) is 7.36. The summed E-state index contributed by atoms with van der Waals surface area (Å²) in [5.41, 5.74) is 4.72. The molecule has 138 valence electrons. The van der Waals surface area contributed by atoms with Crippen LogP contribution in [0.1, 0.15) is 45.5 Å². The SMILES string of the molecule is Cc1cc(C)c(C(=O)NCC2(c3ccc(F)cc3)CCOCC2)c(C)c1. The summed E-state index contributed by atoms with van der Waals surface area (Å²) in [6.45, 7) is 7.80. The molecule has 2 aromatic carbocycles. The minimum Gasteiger partial charge on any atom is -0.381 e. The highest BCUT2D eigenvalue weighted by Crippen LogP contribution is 2.34. The number of ether oxygens (including phenoxy) is 1. The number of nitrogens with one attached hydrogen (secondary N) is 1. The molecule has 1 fully saturated rings. The maximum Gasteiger partial charge on any atom is 0.251 e. The third kappa shape index (κ3) is 3.80. The smallest absolute Gasteiger partial charge is 0.251 e. The first-order valence-electron chi connectivity index (χ1n) is 9.11. The molecule has 2 aromatic rings. The monoisotopic (exact) mass is 355 g/mol. The summed E-state index contributed by atoms with van der Waals surface area (Å²) >= 11 is 0. The zero-order valence-corrected chi connectivity index (χ0v) is 15.7. The van der Waals surface area contributed by atoms with Crippen molar-refractivity contribution in [2.45, 2.75) is 39.0 Å². The maximum absolute atomic E-state index is 13.3. The molecule has 0 saturated carbocycles. The molecule has 3 nitrogen and oxygen atoms in total. The van der Waals surface area contributed by atoms with Crippen LogP contribution in [0, 0.1) is 26.6 Å². The van der Waals surface area contributed by atoms with E-state index in [0.717, 1.165) is 40.7 Å². The zero-order valence-electron chi connectivity index (χ0n) is 15.7. The number of carbonyl (C=O) groups excluding carboxylic acids is 1. The fourth-order valence-electron chi connectivity index (χ4n) is 4.01. The van der Waals surface area contributed by atoms with Gasteiger partial charge in [0.05, 0.1) is 0 Å². The number of halogens is 1. The molecular weight excluding hydrogens is 329 g/mol. The van der Waals surface area contributed by atoms with Crippen LogP contribution in [-0.2, 0) is 10.2 Å². The van der Waals surface area contributed by atoms with Crippen LogP contribution in [0.5, 0.6) is 0 Å². The van der Waals surface area contributed by atoms with Crippen LogP contribution in [0.2, 0.25) is 0 Å². The standard InChI is InChI=1S/C22H26FNO2/c1-15-12-16(2)20(17(3)13-15)21(25)24-14-22(8-10-26-11-9-22)18-4-6-19(23)7-5-18/h4-7,12-13H,8-11,14H2,1-3H3,(H,24,25). The Morgan fingerprint density at radius 2 is 1.65 bits per heavy atom. The van der Waals surface area contributed by atoms with Crippen LogP contribution in [0.15, 0.2) is 36.4 Å². The highest BCUT2D eigenvalue weighted by molar-refractivity contribution is 5.97. The van der Waals surface area contributed by atoms with Gasteiger partial charge in [-0.15, -0.1) is 0 Å². The van der Waals surface area contributed by atoms with Crippen molar-refractivity contribution in [3.63, 3.8) is 0 Å². The molecule has 4 heteroatoms. The van der Waals surface area contributed by atoms with E-state index in [9.17, 15) is 9.18 Å². The van der Waals surface area contributed by atoms with Gasteiger partial charge < -0.3 is 10.1 Å². The Morgan fingerprint density at radius 1 is 1.08 bits per heavy atom. The van der Waals surface area contributed by atoms with Crippen molar-refractivity contribution >= 4 is 5.91 Å². The first kappa shape index (κ1) is 18.6. The maximum atomic E-state index is 13.3. The molecular formula is C22H26FNO2. The van der Waals surface area contributed by atoms with Gasteiger partial charge in [-0.3, -0.25) is 4.79 Å². The number of aryl methyl sites for hydroxylation is 3. The summed E-state index contributed by atoms with van der Waals surface area (Å²) in [7, 11) is 0. The number of amides is 1. The minimum atomic E-state index is -0.245. The number of rotatable bonds is 4. The van der Waals surface area contributed by atoms with Gasteiger partial charge in [-0.2, -0.15) is 0 Å². The quantitative estimate of drug-likeness (QED) is 0.891. The summed E-state index contributed by atoms with van der Waals surface area (Å²) in [6, 6.07) is 10.7. The molecule has 0 atom stereocenters. The molecule has 0 spiro atoms. The molecule has 0 unspecified atom stereocenters. The summed E-state index contributed by atoms with van der Waals surface area (Å²) in [6.07, 6.45) is 1.62. The van der Waals surface area contributed by atoms with Crippen molar-refractivity contribution in [2.24, 2.45) is 0 Å². The molecule has 1 amide bonds. The van der Waals surface area contributed by atoms with E-state index in [0.29, 0.717) is 19.8 Å². The van der Waals surface area contributed by atoms with Crippen LogP contribution in [-0.4, -0.2) is 25.7 Å². The molecule has 1 heterocycles. The predicted molar refractivity (Wildman–Crippen MR) is 101 cm³/mol. The summed E-state index contributed by atoms with van der Waals surface area (Å²) < 4.78 is 18.9. The normalized spacial score (nSPS) is 16.3. The van der Waals surface area contributed by atoms with E-state index in [2.05, 4.69) is 5.32 Å². The van der Waals surface area contributed by atoms with Crippen LogP contribution in [0.3, 0.4) is 0 Å². The Morgan fingerprint density at radius 3 is 2.23 bits per heavy atom. The van der Waals surface area contributed by atoms with Gasteiger partial charge in [0.1, 0.15) is 5.82 Å². The molecule has 0 bridgehead atoms. The Labute approximate surface area is 154 Å². The highest BCUT2D eigenvalue weighted by Gasteiger charge is 2.35. The molecule has 1 aliphatic rings. The molecule has 1 N–H and O–H groups in total. The van der Waals surface area contributed by atoms with E-state index in [1.165, 1.54) is 12.1 Å². The second kappa shape index (κ2) is 7.58. The van der Waals surface area contributed by atoms with Gasteiger partial charge >= 0.3 is 0 Å². The van der Waals surface area contributed by atoms with Crippen molar-refractivity contribution < 1.29 is 13.9 Å². The first-order valence-corrected chi connectivity index (χ1v) is 9.11. The fraction of sp³-hybridized carbons (Fsp3) is 0.409. The first-order chi connectivity index (χ1) is 12.4. The third-order valence-corrected chi connectivity index (χ3v) is 5.40. The molecule has 0 radical (unpaired) electrons. The molecule has 1 saturated heterocycles. The largest absolute Gasteiger partial charge is 0.381 e. The van der Waals surface area contributed by atoms with Crippen LogP contribution >= 0.6 is 0 Å². The van der Waals surface area contributed by atoms with Gasteiger partial charge in [-0.25, -0.2) is 4.39 Å². The Hall–Kier alpha value is -2.20. The summed E-state index contributed by atoms with van der Waals surface area (Å²) in [5.74, 6) is -0.293. The van der Waals surface area contributed by atoms with Crippen molar-refractivity contribution in [1.82, 2.24) is 5.32 Å². The number of hydrogen-bond donors (Lipinski definition) is 1. The van der Waals surface area contributed by atoms with E-state index in [4.69, 9.17) is 4.74 Å². The lowest BCUT2D eigenvalue weighted by Crippen LogP contribution is -2.44. The topological polar surface area (TPSA) is 38.3 Å². The summed E-state index contributed by atoms with van der Waals surface area (Å²) in [4.78, 5) is 12.9. The fourth-order valence-corrected chi connectivity index (χ4v) is 4.01. The van der Waals surface area contributed by atoms with E-state index in [1.807, 2.05) is 45.0 Å². The molecule has 0 aliphatic carbocycles. The predicted octanol–water partition coefficient (Wildman–Crippen LogP) is 4.23. The van der Waals surface area contributed by atoms with Gasteiger partial charge in [-0.05, 0) is 62.4 Å². The van der Waals surface area contributed by atoms with Gasteiger partial charge in [0, 0.05) is 30.7 Å². The Balaban J connectivity index is 1.82. The zero-order chi connectivity index (χ0) is 18.7. The van der Waals surface area contributed by atoms with Gasteiger partial charge in [0.2, 0.25) is 0 Å². The Kier molecular flexibility index (Phi) is 5.42. The summed E-state index contributed by atoms with van der Waals surface area (Å²) in [5, 5.41) is 3.14. The highest BCUT2D eigenvalue weighted by atomic mass is 19.1. The lowest BCUT2D eigenvalue weighted by Gasteiger charge is -2.38. The van der Waals surface area contributed by atoms with Gasteiger partial charge in [-0.1, -0.05) is 29.8 Å². The van der Waals surface area contributed by atoms with Crippen LogP contribution < -0.4 is 5.32 Å². The molecule has 0 aromatic heterocycles. The second-order valence-electron chi connectivity index (χ2n) is 7.36. The lowest BCUT2D eigenvalue weighted by atomic mass is 9.74. The van der Waals surface area contributed by atoms with E-state index in [-0.39, 0.29) is 17.1 Å². The van der Waals surface area contributed by atoms with Gasteiger partial charge in [0.15, 0.2) is 0 Å². The van der Waals surface area contributed by atoms with E-state index in [1.54, 1.807) is 0 Å². The third-order valence-electron chi connectivity index (χ3n) is 5.40. The average molecular weight is 355 g/mol. The van der Waals surface area contributed by atoms with E-state index < -0.39 is 0 Å². The van der Waals surface area contributed by atoms with Crippen molar-refractivity contribution in [3.8, 4) is 0 Å². The van der Waals surface area contributed by atoms with E-state index >= 15 is 0 Å². The molecule has 1 aliphatic heterocycles. The van der Waals surface area contributed by atoms with Gasteiger partial charge in [0.25, 0.3) is 5.91 Å². The lowest BCUT2D eigenvalue weighted by molar-refractivity contribution is 0.0487. The van der Waals surface area contributed by atoms with Crippen molar-refractivity contribution in [2.75, 3.05) is 19.8 Å². The Bertz CT molecular complexity index is 769. The average Bonchev–Trinajstić information content (AvgIpc) is 2.60. The number of carbonyl (C=O) groups is 1. The number of benzene rings is 2. The molecule has 26 heavy (non-hydrogen) atoms. The van der Waals surface area contributed by atoms with Crippen molar-refractivity contribution in [3.05, 3.63) is 70.0 Å². The van der Waals surface area contributed by atoms with Crippen LogP contribution in [0.4, 0.5) is 4.39 Å². The molecule has 3 rings (SSSR count). The minimum absolute atomic E-state index is 0.0482. The van der Waals surface area contributed by atoms with Crippen LogP contribution in [0.25, 0.3) is 0 Å².